The Balaban J connectivity index is 1.56. The van der Waals surface area contributed by atoms with Gasteiger partial charge >= 0.3 is 0 Å². The van der Waals surface area contributed by atoms with Gasteiger partial charge in [0.2, 0.25) is 0 Å². The van der Waals surface area contributed by atoms with Gasteiger partial charge in [-0.25, -0.2) is 0 Å². The second-order valence-electron chi connectivity index (χ2n) is 9.65. The third kappa shape index (κ3) is 4.60. The van der Waals surface area contributed by atoms with Crippen LogP contribution in [0.2, 0.25) is 0 Å². The first kappa shape index (κ1) is 22.6. The lowest BCUT2D eigenvalue weighted by Crippen LogP contribution is -2.10. The van der Waals surface area contributed by atoms with Crippen molar-refractivity contribution in [1.29, 1.82) is 0 Å². The van der Waals surface area contributed by atoms with E-state index in [2.05, 4.69) is 108 Å². The van der Waals surface area contributed by atoms with Crippen molar-refractivity contribution in [1.82, 2.24) is 14.8 Å². The standard InChI is InChI=1S/C31H29N3O/c1-31(2,3)26-18-14-25(15-19-26)30-33-32-29(34(30)27-8-6-5-7-9-27)24-12-10-22(11-13-24)23-16-20-28(35-4)21-17-23/h5-21H,1-4H3. The number of ether oxygens (including phenoxy) is 1. The van der Waals surface area contributed by atoms with Crippen molar-refractivity contribution in [2.24, 2.45) is 0 Å². The highest BCUT2D eigenvalue weighted by atomic mass is 16.5. The molecule has 0 radical (unpaired) electrons. The smallest absolute Gasteiger partial charge is 0.168 e. The molecule has 0 N–H and O–H groups in total. The van der Waals surface area contributed by atoms with Gasteiger partial charge in [0.15, 0.2) is 11.6 Å². The SMILES string of the molecule is COc1ccc(-c2ccc(-c3nnc(-c4ccc(C(C)(C)C)cc4)n3-c3ccccc3)cc2)cc1. The molecule has 5 rings (SSSR count). The Morgan fingerprint density at radius 3 is 1.51 bits per heavy atom. The van der Waals surface area contributed by atoms with Gasteiger partial charge < -0.3 is 4.74 Å². The maximum Gasteiger partial charge on any atom is 0.168 e. The minimum Gasteiger partial charge on any atom is -0.497 e. The van der Waals surface area contributed by atoms with Crippen LogP contribution in [-0.2, 0) is 5.41 Å². The van der Waals surface area contributed by atoms with Crippen LogP contribution < -0.4 is 4.74 Å². The topological polar surface area (TPSA) is 39.9 Å². The molecule has 5 aromatic rings. The molecule has 4 nitrogen and oxygen atoms in total. The fourth-order valence-electron chi connectivity index (χ4n) is 4.19. The van der Waals surface area contributed by atoms with Crippen LogP contribution in [-0.4, -0.2) is 21.9 Å². The Labute approximate surface area is 206 Å². The van der Waals surface area contributed by atoms with E-state index in [0.717, 1.165) is 45.3 Å². The molecule has 0 aliphatic rings. The zero-order valence-electron chi connectivity index (χ0n) is 20.6. The largest absolute Gasteiger partial charge is 0.497 e. The molecule has 174 valence electrons. The second-order valence-corrected chi connectivity index (χ2v) is 9.65. The van der Waals surface area contributed by atoms with Gasteiger partial charge in [-0.3, -0.25) is 4.57 Å². The summed E-state index contributed by atoms with van der Waals surface area (Å²) in [5.41, 5.74) is 6.75. The van der Waals surface area contributed by atoms with E-state index in [9.17, 15) is 0 Å². The molecule has 0 aliphatic heterocycles. The number of methoxy groups -OCH3 is 1. The van der Waals surface area contributed by atoms with Gasteiger partial charge in [0, 0.05) is 16.8 Å². The zero-order chi connectivity index (χ0) is 24.4. The molecule has 0 spiro atoms. The second kappa shape index (κ2) is 9.22. The molecule has 1 heterocycles. The first-order valence-corrected chi connectivity index (χ1v) is 11.8. The van der Waals surface area contributed by atoms with E-state index in [4.69, 9.17) is 4.74 Å². The fourth-order valence-corrected chi connectivity index (χ4v) is 4.19. The summed E-state index contributed by atoms with van der Waals surface area (Å²) >= 11 is 0. The van der Waals surface area contributed by atoms with Crippen molar-refractivity contribution in [3.8, 4) is 45.3 Å². The molecule has 0 aliphatic carbocycles. The first-order valence-electron chi connectivity index (χ1n) is 11.8. The summed E-state index contributed by atoms with van der Waals surface area (Å²) in [6, 6.07) is 35.5. The molecular formula is C31H29N3O. The number of nitrogens with zero attached hydrogens (tertiary/aromatic N) is 3. The predicted molar refractivity (Wildman–Crippen MR) is 143 cm³/mol. The van der Waals surface area contributed by atoms with Crippen LogP contribution in [0.4, 0.5) is 0 Å². The third-order valence-electron chi connectivity index (χ3n) is 6.25. The van der Waals surface area contributed by atoms with E-state index in [-0.39, 0.29) is 5.41 Å². The van der Waals surface area contributed by atoms with Crippen molar-refractivity contribution >= 4 is 0 Å². The molecule has 0 bridgehead atoms. The Morgan fingerprint density at radius 1 is 0.571 bits per heavy atom. The lowest BCUT2D eigenvalue weighted by Gasteiger charge is -2.19. The third-order valence-corrected chi connectivity index (χ3v) is 6.25. The van der Waals surface area contributed by atoms with Gasteiger partial charge in [0.25, 0.3) is 0 Å². The normalized spacial score (nSPS) is 11.4. The molecule has 0 fully saturated rings. The average Bonchev–Trinajstić information content (AvgIpc) is 3.34. The molecule has 0 atom stereocenters. The van der Waals surface area contributed by atoms with E-state index in [1.807, 2.05) is 30.3 Å². The van der Waals surface area contributed by atoms with E-state index < -0.39 is 0 Å². The molecule has 0 unspecified atom stereocenters. The molecule has 0 amide bonds. The summed E-state index contributed by atoms with van der Waals surface area (Å²) < 4.78 is 7.41. The fraction of sp³-hybridized carbons (Fsp3) is 0.161. The quantitative estimate of drug-likeness (QED) is 0.272. The van der Waals surface area contributed by atoms with Gasteiger partial charge in [-0.05, 0) is 46.4 Å². The van der Waals surface area contributed by atoms with Crippen LogP contribution in [0.1, 0.15) is 26.3 Å². The number of para-hydroxylation sites is 1. The van der Waals surface area contributed by atoms with Crippen molar-refractivity contribution in [2.45, 2.75) is 26.2 Å². The summed E-state index contributed by atoms with van der Waals surface area (Å²) in [7, 11) is 1.68. The van der Waals surface area contributed by atoms with Crippen molar-refractivity contribution < 1.29 is 4.74 Å². The summed E-state index contributed by atoms with van der Waals surface area (Å²) in [4.78, 5) is 0. The van der Waals surface area contributed by atoms with E-state index >= 15 is 0 Å². The number of hydrogen-bond acceptors (Lipinski definition) is 3. The molecule has 4 heteroatoms. The highest BCUT2D eigenvalue weighted by Gasteiger charge is 2.19. The van der Waals surface area contributed by atoms with Crippen LogP contribution in [0.3, 0.4) is 0 Å². The van der Waals surface area contributed by atoms with Crippen LogP contribution in [0.5, 0.6) is 5.75 Å². The molecule has 0 saturated carbocycles. The average molecular weight is 460 g/mol. The Bertz CT molecular complexity index is 1410. The molecule has 1 aromatic heterocycles. The van der Waals surface area contributed by atoms with Crippen LogP contribution in [0.25, 0.3) is 39.6 Å². The van der Waals surface area contributed by atoms with Gasteiger partial charge in [-0.2, -0.15) is 0 Å². The van der Waals surface area contributed by atoms with Gasteiger partial charge in [-0.15, -0.1) is 10.2 Å². The highest BCUT2D eigenvalue weighted by molar-refractivity contribution is 5.71. The van der Waals surface area contributed by atoms with Gasteiger partial charge in [0.05, 0.1) is 7.11 Å². The lowest BCUT2D eigenvalue weighted by atomic mass is 9.86. The van der Waals surface area contributed by atoms with E-state index in [1.54, 1.807) is 7.11 Å². The Hall–Kier alpha value is -4.18. The van der Waals surface area contributed by atoms with Crippen LogP contribution in [0, 0.1) is 0 Å². The number of benzene rings is 4. The summed E-state index contributed by atoms with van der Waals surface area (Å²) in [6.07, 6.45) is 0. The summed E-state index contributed by atoms with van der Waals surface area (Å²) in [5, 5.41) is 9.26. The maximum atomic E-state index is 5.28. The molecule has 35 heavy (non-hydrogen) atoms. The Kier molecular flexibility index (Phi) is 5.96. The number of aromatic nitrogens is 3. The van der Waals surface area contributed by atoms with Crippen molar-refractivity contribution in [2.75, 3.05) is 7.11 Å². The van der Waals surface area contributed by atoms with E-state index in [1.165, 1.54) is 5.56 Å². The summed E-state index contributed by atoms with van der Waals surface area (Å²) in [5.74, 6) is 2.49. The minimum absolute atomic E-state index is 0.0996. The number of rotatable bonds is 5. The lowest BCUT2D eigenvalue weighted by molar-refractivity contribution is 0.415. The first-order chi connectivity index (χ1) is 16.9. The monoisotopic (exact) mass is 459 g/mol. The zero-order valence-corrected chi connectivity index (χ0v) is 20.6. The minimum atomic E-state index is 0.0996. The van der Waals surface area contributed by atoms with Crippen LogP contribution in [0.15, 0.2) is 103 Å². The highest BCUT2D eigenvalue weighted by Crippen LogP contribution is 2.32. The predicted octanol–water partition coefficient (Wildman–Crippen LogP) is 7.57. The molecular weight excluding hydrogens is 430 g/mol. The molecule has 4 aromatic carbocycles. The molecule has 0 saturated heterocycles. The van der Waals surface area contributed by atoms with Gasteiger partial charge in [0.1, 0.15) is 5.75 Å². The van der Waals surface area contributed by atoms with Gasteiger partial charge in [-0.1, -0.05) is 99.6 Å². The number of hydrogen-bond donors (Lipinski definition) is 0. The van der Waals surface area contributed by atoms with Crippen molar-refractivity contribution in [3.05, 3.63) is 109 Å². The Morgan fingerprint density at radius 2 is 1.03 bits per heavy atom. The summed E-state index contributed by atoms with van der Waals surface area (Å²) in [6.45, 7) is 6.67. The van der Waals surface area contributed by atoms with E-state index in [0.29, 0.717) is 0 Å². The maximum absolute atomic E-state index is 5.28. The van der Waals surface area contributed by atoms with Crippen molar-refractivity contribution in [3.63, 3.8) is 0 Å². The van der Waals surface area contributed by atoms with Crippen LogP contribution >= 0.6 is 0 Å².